The Labute approximate surface area is 167 Å². The summed E-state index contributed by atoms with van der Waals surface area (Å²) in [5.74, 6) is 0.358. The Hall–Kier alpha value is -2.99. The molecule has 0 aliphatic carbocycles. The minimum atomic E-state index is -0.277. The molecule has 0 saturated carbocycles. The van der Waals surface area contributed by atoms with Crippen molar-refractivity contribution in [2.45, 2.75) is 25.7 Å². The van der Waals surface area contributed by atoms with Gasteiger partial charge in [0.05, 0.1) is 6.42 Å². The number of amides is 1. The summed E-state index contributed by atoms with van der Waals surface area (Å²) in [6.45, 7) is 0.434. The molecular weight excluding hydrogens is 380 g/mol. The van der Waals surface area contributed by atoms with Crippen molar-refractivity contribution >= 4 is 34.5 Å². The number of nitrogens with one attached hydrogen (secondary N) is 2. The molecule has 0 aliphatic rings. The van der Waals surface area contributed by atoms with Crippen molar-refractivity contribution in [2.24, 2.45) is 0 Å². The summed E-state index contributed by atoms with van der Waals surface area (Å²) in [6.07, 6.45) is 3.22. The second-order valence-corrected chi connectivity index (χ2v) is 6.73. The van der Waals surface area contributed by atoms with Crippen molar-refractivity contribution in [1.82, 2.24) is 10.3 Å². The average Bonchev–Trinajstić information content (AvgIpc) is 3.09. The molecule has 0 aliphatic heterocycles. The SMILES string of the molecule is O=C(CCc1ccc(O)cc1)CC(=O)NCCc1c[nH]c2ccc(OCl)cc12. The number of aromatic amines is 1. The first-order chi connectivity index (χ1) is 13.5. The largest absolute Gasteiger partial charge is 0.508 e. The van der Waals surface area contributed by atoms with Gasteiger partial charge in [0.1, 0.15) is 29.1 Å². The number of phenols is 1. The van der Waals surface area contributed by atoms with Crippen molar-refractivity contribution in [1.29, 1.82) is 0 Å². The van der Waals surface area contributed by atoms with Crippen molar-refractivity contribution in [3.63, 3.8) is 0 Å². The number of Topliss-reactive ketones (excluding diaryl/α,β-unsaturated/α-hetero) is 1. The number of hydrogen-bond acceptors (Lipinski definition) is 4. The highest BCUT2D eigenvalue weighted by Crippen LogP contribution is 2.24. The predicted octanol–water partition coefficient (Wildman–Crippen LogP) is 3.66. The van der Waals surface area contributed by atoms with Gasteiger partial charge in [0, 0.05) is 30.1 Å². The Balaban J connectivity index is 1.43. The number of aromatic nitrogens is 1. The molecule has 3 N–H and O–H groups in total. The van der Waals surface area contributed by atoms with Gasteiger partial charge in [0.2, 0.25) is 5.91 Å². The molecule has 0 saturated heterocycles. The number of ketones is 1. The van der Waals surface area contributed by atoms with Gasteiger partial charge in [-0.2, -0.15) is 0 Å². The minimum Gasteiger partial charge on any atom is -0.508 e. The third-order valence-corrected chi connectivity index (χ3v) is 4.71. The lowest BCUT2D eigenvalue weighted by molar-refractivity contribution is -0.128. The zero-order valence-electron chi connectivity index (χ0n) is 15.2. The maximum atomic E-state index is 12.0. The highest BCUT2D eigenvalue weighted by Gasteiger charge is 2.11. The first-order valence-corrected chi connectivity index (χ1v) is 9.31. The van der Waals surface area contributed by atoms with Gasteiger partial charge in [-0.1, -0.05) is 12.1 Å². The lowest BCUT2D eigenvalue weighted by Crippen LogP contribution is -2.27. The molecule has 3 aromatic rings. The van der Waals surface area contributed by atoms with E-state index in [1.54, 1.807) is 30.3 Å². The number of aromatic hydroxyl groups is 1. The Morgan fingerprint density at radius 1 is 1.11 bits per heavy atom. The first kappa shape index (κ1) is 19.8. The topological polar surface area (TPSA) is 91.4 Å². The predicted molar refractivity (Wildman–Crippen MR) is 108 cm³/mol. The van der Waals surface area contributed by atoms with Crippen LogP contribution >= 0.6 is 11.9 Å². The molecule has 0 bridgehead atoms. The fourth-order valence-electron chi connectivity index (χ4n) is 3.03. The summed E-state index contributed by atoms with van der Waals surface area (Å²) in [5, 5.41) is 13.0. The van der Waals surface area contributed by atoms with Crippen LogP contribution < -0.4 is 9.61 Å². The fourth-order valence-corrected chi connectivity index (χ4v) is 3.12. The Morgan fingerprint density at radius 2 is 1.89 bits per heavy atom. The van der Waals surface area contributed by atoms with Gasteiger partial charge in [0.25, 0.3) is 0 Å². The highest BCUT2D eigenvalue weighted by atomic mass is 35.5. The second-order valence-electron chi connectivity index (χ2n) is 6.58. The van der Waals surface area contributed by atoms with E-state index in [1.807, 2.05) is 18.3 Å². The Kier molecular flexibility index (Phi) is 6.55. The van der Waals surface area contributed by atoms with Gasteiger partial charge < -0.3 is 19.7 Å². The van der Waals surface area contributed by atoms with E-state index in [9.17, 15) is 14.7 Å². The van der Waals surface area contributed by atoms with E-state index in [-0.39, 0.29) is 23.9 Å². The van der Waals surface area contributed by atoms with E-state index >= 15 is 0 Å². The molecule has 0 unspecified atom stereocenters. The van der Waals surface area contributed by atoms with Crippen LogP contribution in [0.5, 0.6) is 11.5 Å². The molecule has 146 valence electrons. The van der Waals surface area contributed by atoms with Crippen LogP contribution in [0.3, 0.4) is 0 Å². The van der Waals surface area contributed by atoms with Crippen LogP contribution in [-0.2, 0) is 22.4 Å². The summed E-state index contributed by atoms with van der Waals surface area (Å²) < 4.78 is 4.73. The third kappa shape index (κ3) is 5.27. The van der Waals surface area contributed by atoms with E-state index in [0.29, 0.717) is 31.6 Å². The number of H-pyrrole nitrogens is 1. The second kappa shape index (κ2) is 9.28. The van der Waals surface area contributed by atoms with Gasteiger partial charge >= 0.3 is 0 Å². The average molecular weight is 401 g/mol. The maximum absolute atomic E-state index is 12.0. The van der Waals surface area contributed by atoms with Crippen LogP contribution in [0, 0.1) is 0 Å². The number of carbonyl (C=O) groups excluding carboxylic acids is 2. The molecule has 0 fully saturated rings. The molecule has 2 aromatic carbocycles. The van der Waals surface area contributed by atoms with E-state index < -0.39 is 0 Å². The molecule has 3 rings (SSSR count). The van der Waals surface area contributed by atoms with Crippen LogP contribution in [0.25, 0.3) is 10.9 Å². The number of halogens is 1. The van der Waals surface area contributed by atoms with Crippen molar-refractivity contribution < 1.29 is 19.0 Å². The number of aryl methyl sites for hydroxylation is 1. The number of carbonyl (C=O) groups is 2. The van der Waals surface area contributed by atoms with Gasteiger partial charge in [0.15, 0.2) is 0 Å². The fraction of sp³-hybridized carbons (Fsp3) is 0.238. The molecular formula is C21H21ClN2O4. The Morgan fingerprint density at radius 3 is 2.64 bits per heavy atom. The quantitative estimate of drug-likeness (QED) is 0.478. The summed E-state index contributed by atoms with van der Waals surface area (Å²) in [4.78, 5) is 27.1. The van der Waals surface area contributed by atoms with Crippen molar-refractivity contribution in [3.8, 4) is 11.5 Å². The van der Waals surface area contributed by atoms with Crippen LogP contribution in [0.1, 0.15) is 24.0 Å². The molecule has 6 nitrogen and oxygen atoms in total. The number of hydrogen-bond donors (Lipinski definition) is 3. The lowest BCUT2D eigenvalue weighted by atomic mass is 10.1. The summed E-state index contributed by atoms with van der Waals surface area (Å²) in [5.41, 5.74) is 2.94. The van der Waals surface area contributed by atoms with E-state index in [0.717, 1.165) is 22.0 Å². The van der Waals surface area contributed by atoms with Crippen LogP contribution in [0.15, 0.2) is 48.7 Å². The Bertz CT molecular complexity index is 966. The standard InChI is InChI=1S/C21H21ClN2O4/c22-28-18-7-8-20-19(12-18)15(13-24-20)9-10-23-21(27)11-17(26)6-3-14-1-4-16(25)5-2-14/h1-2,4-5,7-8,12-13,24-25H,3,6,9-11H2,(H,23,27). The van der Waals surface area contributed by atoms with Crippen LogP contribution in [0.4, 0.5) is 0 Å². The number of rotatable bonds is 9. The lowest BCUT2D eigenvalue weighted by Gasteiger charge is -2.05. The number of phenolic OH excluding ortho intramolecular Hbond substituents is 1. The molecule has 1 amide bonds. The van der Waals surface area contributed by atoms with Crippen LogP contribution in [-0.4, -0.2) is 28.3 Å². The molecule has 1 heterocycles. The molecule has 0 radical (unpaired) electrons. The zero-order valence-corrected chi connectivity index (χ0v) is 16.0. The van der Waals surface area contributed by atoms with Gasteiger partial charge in [-0.15, -0.1) is 0 Å². The monoisotopic (exact) mass is 400 g/mol. The summed E-state index contributed by atoms with van der Waals surface area (Å²) >= 11 is 5.40. The summed E-state index contributed by atoms with van der Waals surface area (Å²) in [6, 6.07) is 12.2. The molecule has 7 heteroatoms. The number of benzene rings is 2. The van der Waals surface area contributed by atoms with E-state index in [2.05, 4.69) is 10.3 Å². The number of fused-ring (bicyclic) bond motifs is 1. The zero-order chi connectivity index (χ0) is 19.9. The smallest absolute Gasteiger partial charge is 0.227 e. The van der Waals surface area contributed by atoms with Gasteiger partial charge in [-0.25, -0.2) is 0 Å². The third-order valence-electron chi connectivity index (χ3n) is 4.53. The molecule has 0 atom stereocenters. The van der Waals surface area contributed by atoms with Crippen LogP contribution in [0.2, 0.25) is 0 Å². The van der Waals surface area contributed by atoms with E-state index in [1.165, 1.54) is 0 Å². The van der Waals surface area contributed by atoms with Crippen molar-refractivity contribution in [3.05, 3.63) is 59.8 Å². The minimum absolute atomic E-state index is 0.110. The van der Waals surface area contributed by atoms with E-state index in [4.69, 9.17) is 16.2 Å². The molecule has 1 aromatic heterocycles. The van der Waals surface area contributed by atoms with Crippen molar-refractivity contribution in [2.75, 3.05) is 6.54 Å². The maximum Gasteiger partial charge on any atom is 0.227 e. The molecule has 0 spiro atoms. The normalized spacial score (nSPS) is 10.8. The van der Waals surface area contributed by atoms with Gasteiger partial charge in [-0.3, -0.25) is 9.59 Å². The summed E-state index contributed by atoms with van der Waals surface area (Å²) in [7, 11) is 0. The first-order valence-electron chi connectivity index (χ1n) is 9.00. The molecule has 28 heavy (non-hydrogen) atoms. The van der Waals surface area contributed by atoms with Gasteiger partial charge in [-0.05, 0) is 54.3 Å². The highest BCUT2D eigenvalue weighted by molar-refractivity contribution is 6.09.